The lowest BCUT2D eigenvalue weighted by Gasteiger charge is -2.47. The molecule has 13 unspecified atom stereocenters. The van der Waals surface area contributed by atoms with Crippen molar-refractivity contribution in [3.8, 4) is 5.75 Å². The van der Waals surface area contributed by atoms with Gasteiger partial charge in [0.2, 0.25) is 5.79 Å². The van der Waals surface area contributed by atoms with E-state index in [0.717, 1.165) is 22.5 Å². The number of allylic oxidation sites excluding steroid dienone is 5. The number of carbonyl (C=O) groups excluding carboxylic acids is 4. The van der Waals surface area contributed by atoms with Crippen molar-refractivity contribution in [3.05, 3.63) is 71.4 Å². The van der Waals surface area contributed by atoms with Gasteiger partial charge in [0.1, 0.15) is 29.8 Å². The van der Waals surface area contributed by atoms with Crippen LogP contribution in [0, 0.1) is 29.6 Å². The molecule has 1 aliphatic carbocycles. The van der Waals surface area contributed by atoms with E-state index < -0.39 is 71.5 Å². The lowest BCUT2D eigenvalue weighted by molar-refractivity contribution is -0.302. The van der Waals surface area contributed by atoms with E-state index in [0.29, 0.717) is 64.2 Å². The third-order valence-electron chi connectivity index (χ3n) is 15.1. The molecule has 0 spiro atoms. The highest BCUT2D eigenvalue weighted by Crippen LogP contribution is 2.41. The largest absolute Gasteiger partial charge is 0.497 e. The van der Waals surface area contributed by atoms with Crippen LogP contribution in [-0.2, 0) is 42.9 Å². The summed E-state index contributed by atoms with van der Waals surface area (Å²) in [4.78, 5) is 58.5. The Morgan fingerprint density at radius 1 is 0.897 bits per heavy atom. The van der Waals surface area contributed by atoms with E-state index in [1.54, 1.807) is 35.4 Å². The van der Waals surface area contributed by atoms with Gasteiger partial charge < -0.3 is 43.5 Å². The van der Waals surface area contributed by atoms with E-state index in [-0.39, 0.29) is 55.3 Å². The standard InChI is InChI=1S/C55H81NO12/c1-11-42-30-35(2)29-36(3)31-46(64-8)50-47(65-9)33-39(6)55(62,68-50)51(58)52(59)56-28-16-14-18-44(56)53(60)67-49(37(4)19-24-45(42)57)38(5)32-41-25-27-54(61,48(34-41)66-10)26-15-12-13-17-40-20-22-43(63-7)23-21-40/h12-13,15,17,20-23,30,32,36-37,39,41-42,44,46-50,61-62H,11,14,16,18-19,24-29,31,33-34H2,1-10H3/b15-12?,17-13?,35-30+,38-32?. The number of ketones is 2. The topological polar surface area (TPSA) is 167 Å². The normalized spacial score (nSPS) is 36.5. The average molecular weight is 948 g/mol. The molecule has 0 radical (unpaired) electrons. The minimum Gasteiger partial charge on any atom is -0.497 e. The van der Waals surface area contributed by atoms with Crippen LogP contribution in [0.3, 0.4) is 0 Å². The molecule has 1 aromatic carbocycles. The molecule has 2 N–H and O–H groups in total. The molecule has 3 heterocycles. The molecule has 0 aromatic heterocycles. The maximum Gasteiger partial charge on any atom is 0.329 e. The Morgan fingerprint density at radius 3 is 2.26 bits per heavy atom. The molecule has 3 fully saturated rings. The third-order valence-corrected chi connectivity index (χ3v) is 15.1. The summed E-state index contributed by atoms with van der Waals surface area (Å²) in [6, 6.07) is 6.69. The maximum atomic E-state index is 14.5. The molecule has 1 aromatic rings. The molecule has 13 nitrogen and oxygen atoms in total. The zero-order valence-electron chi connectivity index (χ0n) is 42.4. The smallest absolute Gasteiger partial charge is 0.329 e. The quantitative estimate of drug-likeness (QED) is 0.0941. The van der Waals surface area contributed by atoms with Crippen LogP contribution in [-0.4, -0.2) is 121 Å². The number of benzene rings is 1. The number of cyclic esters (lactones) is 1. The molecule has 13 heteroatoms. The van der Waals surface area contributed by atoms with Crippen LogP contribution < -0.4 is 4.74 Å². The van der Waals surface area contributed by atoms with Gasteiger partial charge in [-0.3, -0.25) is 14.4 Å². The van der Waals surface area contributed by atoms with Gasteiger partial charge in [0, 0.05) is 46.1 Å². The summed E-state index contributed by atoms with van der Waals surface area (Å²) < 4.78 is 35.8. The monoisotopic (exact) mass is 948 g/mol. The number of methoxy groups -OCH3 is 4. The van der Waals surface area contributed by atoms with E-state index in [9.17, 15) is 29.4 Å². The van der Waals surface area contributed by atoms with Crippen molar-refractivity contribution in [1.82, 2.24) is 4.90 Å². The van der Waals surface area contributed by atoms with Crippen molar-refractivity contribution >= 4 is 29.5 Å². The minimum absolute atomic E-state index is 0.000309. The fraction of sp³-hybridized carbons (Fsp3) is 0.673. The molecule has 13 atom stereocenters. The zero-order valence-corrected chi connectivity index (χ0v) is 42.4. The van der Waals surface area contributed by atoms with Crippen molar-refractivity contribution in [1.29, 1.82) is 0 Å². The molecule has 1 amide bonds. The predicted octanol–water partition coefficient (Wildman–Crippen LogP) is 8.54. The number of rotatable bonds is 11. The molecule has 68 heavy (non-hydrogen) atoms. The molecule has 5 rings (SSSR count). The number of amides is 1. The Hall–Kier alpha value is -3.98. The first-order valence-corrected chi connectivity index (χ1v) is 25.0. The van der Waals surface area contributed by atoms with Crippen molar-refractivity contribution in [2.24, 2.45) is 29.6 Å². The molecule has 2 bridgehead atoms. The second-order valence-corrected chi connectivity index (χ2v) is 20.3. The summed E-state index contributed by atoms with van der Waals surface area (Å²) in [7, 11) is 6.36. The first-order valence-electron chi connectivity index (χ1n) is 25.0. The molecule has 3 aliphatic heterocycles. The van der Waals surface area contributed by atoms with Crippen LogP contribution in [0.1, 0.15) is 131 Å². The van der Waals surface area contributed by atoms with Crippen LogP contribution in [0.2, 0.25) is 0 Å². The summed E-state index contributed by atoms with van der Waals surface area (Å²) in [5, 5.41) is 24.0. The molecule has 1 saturated carbocycles. The van der Waals surface area contributed by atoms with Gasteiger partial charge >= 0.3 is 5.97 Å². The zero-order chi connectivity index (χ0) is 49.8. The maximum absolute atomic E-state index is 14.5. The number of aliphatic hydroxyl groups is 2. The third kappa shape index (κ3) is 13.7. The molecule has 4 aliphatic rings. The van der Waals surface area contributed by atoms with E-state index in [4.69, 9.17) is 28.4 Å². The van der Waals surface area contributed by atoms with Crippen LogP contribution in [0.5, 0.6) is 5.75 Å². The van der Waals surface area contributed by atoms with Crippen molar-refractivity contribution < 1.29 is 57.8 Å². The van der Waals surface area contributed by atoms with Gasteiger partial charge in [-0.25, -0.2) is 4.79 Å². The Labute approximate surface area is 405 Å². The number of fused-ring (bicyclic) bond motifs is 3. The lowest BCUT2D eigenvalue weighted by atomic mass is 9.74. The Kier molecular flexibility index (Phi) is 20.4. The summed E-state index contributed by atoms with van der Waals surface area (Å²) in [5.41, 5.74) is 1.83. The number of nitrogens with zero attached hydrogens (tertiary/aromatic N) is 1. The second kappa shape index (κ2) is 25.2. The van der Waals surface area contributed by atoms with E-state index in [2.05, 4.69) is 19.1 Å². The molecule has 378 valence electrons. The van der Waals surface area contributed by atoms with Gasteiger partial charge in [-0.2, -0.15) is 0 Å². The number of hydrogen-bond donors (Lipinski definition) is 2. The Morgan fingerprint density at radius 2 is 1.60 bits per heavy atom. The first kappa shape index (κ1) is 55.0. The predicted molar refractivity (Wildman–Crippen MR) is 261 cm³/mol. The molecular formula is C55H81NO12. The fourth-order valence-electron chi connectivity index (χ4n) is 11.0. The van der Waals surface area contributed by atoms with Gasteiger partial charge in [0.15, 0.2) is 0 Å². The van der Waals surface area contributed by atoms with Gasteiger partial charge in [0.05, 0.1) is 31.0 Å². The molecule has 2 saturated heterocycles. The first-order chi connectivity index (χ1) is 32.4. The molecular weight excluding hydrogens is 867 g/mol. The number of carbonyl (C=O) groups is 4. The lowest BCUT2D eigenvalue weighted by Crippen LogP contribution is -2.64. The highest BCUT2D eigenvalue weighted by molar-refractivity contribution is 6.39. The van der Waals surface area contributed by atoms with Crippen molar-refractivity contribution in [2.75, 3.05) is 35.0 Å². The fourth-order valence-corrected chi connectivity index (χ4v) is 11.0. The Bertz CT molecular complexity index is 1980. The van der Waals surface area contributed by atoms with Crippen LogP contribution in [0.15, 0.2) is 65.8 Å². The number of piperidine rings is 1. The number of hydrogen-bond acceptors (Lipinski definition) is 12. The Balaban J connectivity index is 1.41. The average Bonchev–Trinajstić information content (AvgIpc) is 3.33. The van der Waals surface area contributed by atoms with Crippen molar-refractivity contribution in [2.45, 2.75) is 173 Å². The van der Waals surface area contributed by atoms with Gasteiger partial charge in [-0.15, -0.1) is 0 Å². The number of ether oxygens (including phenoxy) is 6. The summed E-state index contributed by atoms with van der Waals surface area (Å²) in [6.45, 7) is 11.8. The summed E-state index contributed by atoms with van der Waals surface area (Å²) in [5.74, 6) is -5.65. The highest BCUT2D eigenvalue weighted by Gasteiger charge is 2.56. The summed E-state index contributed by atoms with van der Waals surface area (Å²) >= 11 is 0. The van der Waals surface area contributed by atoms with E-state index >= 15 is 0 Å². The highest BCUT2D eigenvalue weighted by atomic mass is 16.7. The van der Waals surface area contributed by atoms with Gasteiger partial charge in [-0.1, -0.05) is 81.9 Å². The van der Waals surface area contributed by atoms with Crippen LogP contribution in [0.25, 0.3) is 6.08 Å². The second-order valence-electron chi connectivity index (χ2n) is 20.3. The minimum atomic E-state index is -2.49. The van der Waals surface area contributed by atoms with Crippen LogP contribution in [0.4, 0.5) is 0 Å². The van der Waals surface area contributed by atoms with Crippen LogP contribution >= 0.6 is 0 Å². The summed E-state index contributed by atoms with van der Waals surface area (Å²) in [6.07, 6.45) is 15.2. The SMILES string of the molecule is CCC1/C=C(\C)CC(C)CC(OC)C2OC(O)(C(=O)C(=O)N3CCCCC3C(=O)OC(C(C)=CC3CCC(O)(CC=CC=Cc4ccc(OC)cc4)C(OC)C3)C(C)CCC1=O)C(C)CC2OC. The number of Topliss-reactive ketones (excluding diaryl/α,β-unsaturated/α-hetero) is 2. The van der Waals surface area contributed by atoms with E-state index in [1.807, 2.05) is 76.3 Å². The van der Waals surface area contributed by atoms with Crippen molar-refractivity contribution in [3.63, 3.8) is 0 Å². The van der Waals surface area contributed by atoms with E-state index in [1.165, 1.54) is 4.90 Å². The number of esters is 1. The van der Waals surface area contributed by atoms with Gasteiger partial charge in [0.25, 0.3) is 11.7 Å². The van der Waals surface area contributed by atoms with Gasteiger partial charge in [-0.05, 0) is 132 Å².